The van der Waals surface area contributed by atoms with Crippen LogP contribution in [0, 0.1) is 18.7 Å². The molecule has 1 aromatic carbocycles. The Morgan fingerprint density at radius 3 is 2.79 bits per heavy atom. The SMILES string of the molecule is Cc1ccc(C(=O)N2CC[C@@H]3[C@@H](CCC(=O)N3CCc3ccccc3F)C2)s1. The first-order valence-electron chi connectivity index (χ1n) is 9.91. The molecule has 2 aliphatic heterocycles. The number of amides is 2. The quantitative estimate of drug-likeness (QED) is 0.781. The van der Waals surface area contributed by atoms with E-state index in [1.54, 1.807) is 12.1 Å². The van der Waals surface area contributed by atoms with Gasteiger partial charge in [0.2, 0.25) is 5.91 Å². The third kappa shape index (κ3) is 3.83. The molecule has 148 valence electrons. The van der Waals surface area contributed by atoms with Gasteiger partial charge in [-0.15, -0.1) is 11.3 Å². The van der Waals surface area contributed by atoms with Crippen LogP contribution in [0.25, 0.3) is 0 Å². The lowest BCUT2D eigenvalue weighted by Gasteiger charge is -2.47. The third-order valence-corrected chi connectivity index (χ3v) is 6.95. The predicted molar refractivity (Wildman–Crippen MR) is 108 cm³/mol. The molecule has 6 heteroatoms. The van der Waals surface area contributed by atoms with Crippen molar-refractivity contribution in [1.29, 1.82) is 0 Å². The van der Waals surface area contributed by atoms with Gasteiger partial charge in [-0.3, -0.25) is 9.59 Å². The maximum Gasteiger partial charge on any atom is 0.263 e. The number of likely N-dealkylation sites (tertiary alicyclic amines) is 2. The van der Waals surface area contributed by atoms with E-state index in [1.807, 2.05) is 34.9 Å². The van der Waals surface area contributed by atoms with Crippen LogP contribution in [-0.2, 0) is 11.2 Å². The molecule has 1 aromatic heterocycles. The fraction of sp³-hybridized carbons (Fsp3) is 0.455. The fourth-order valence-electron chi connectivity index (χ4n) is 4.47. The summed E-state index contributed by atoms with van der Waals surface area (Å²) in [6, 6.07) is 10.8. The topological polar surface area (TPSA) is 40.6 Å². The Morgan fingerprint density at radius 1 is 1.21 bits per heavy atom. The van der Waals surface area contributed by atoms with Crippen molar-refractivity contribution in [1.82, 2.24) is 9.80 Å². The van der Waals surface area contributed by atoms with Crippen LogP contribution in [0.1, 0.15) is 39.4 Å². The summed E-state index contributed by atoms with van der Waals surface area (Å²) in [6.45, 7) is 3.91. The van der Waals surface area contributed by atoms with Crippen molar-refractivity contribution < 1.29 is 14.0 Å². The maximum absolute atomic E-state index is 13.9. The highest BCUT2D eigenvalue weighted by molar-refractivity contribution is 7.13. The Bertz CT molecular complexity index is 881. The summed E-state index contributed by atoms with van der Waals surface area (Å²) in [5.74, 6) is 0.352. The largest absolute Gasteiger partial charge is 0.339 e. The summed E-state index contributed by atoms with van der Waals surface area (Å²) in [5, 5.41) is 0. The first-order valence-corrected chi connectivity index (χ1v) is 10.7. The number of aryl methyl sites for hydroxylation is 1. The van der Waals surface area contributed by atoms with Gasteiger partial charge >= 0.3 is 0 Å². The molecule has 2 aliphatic rings. The number of nitrogens with zero attached hydrogens (tertiary/aromatic N) is 2. The average Bonchev–Trinajstić information content (AvgIpc) is 3.14. The van der Waals surface area contributed by atoms with Crippen molar-refractivity contribution in [2.45, 2.75) is 38.6 Å². The number of hydrogen-bond acceptors (Lipinski definition) is 3. The summed E-state index contributed by atoms with van der Waals surface area (Å²) in [6.07, 6.45) is 2.66. The highest BCUT2D eigenvalue weighted by Crippen LogP contribution is 2.32. The van der Waals surface area contributed by atoms with E-state index in [1.165, 1.54) is 17.4 Å². The lowest BCUT2D eigenvalue weighted by Crippen LogP contribution is -2.57. The summed E-state index contributed by atoms with van der Waals surface area (Å²) in [5.41, 5.74) is 0.651. The Kier molecular flexibility index (Phi) is 5.49. The molecule has 0 unspecified atom stereocenters. The van der Waals surface area contributed by atoms with Gasteiger partial charge in [-0.2, -0.15) is 0 Å². The van der Waals surface area contributed by atoms with Gasteiger partial charge in [0.1, 0.15) is 5.82 Å². The molecule has 2 aromatic rings. The highest BCUT2D eigenvalue weighted by Gasteiger charge is 2.40. The number of thiophene rings is 1. The van der Waals surface area contributed by atoms with Crippen LogP contribution in [-0.4, -0.2) is 47.3 Å². The van der Waals surface area contributed by atoms with Crippen LogP contribution < -0.4 is 0 Å². The molecule has 0 N–H and O–H groups in total. The Balaban J connectivity index is 1.42. The number of benzene rings is 1. The number of fused-ring (bicyclic) bond motifs is 1. The van der Waals surface area contributed by atoms with E-state index in [0.717, 1.165) is 22.6 Å². The molecule has 2 atom stereocenters. The number of carbonyl (C=O) groups excluding carboxylic acids is 2. The van der Waals surface area contributed by atoms with E-state index < -0.39 is 0 Å². The number of hydrogen-bond donors (Lipinski definition) is 0. The lowest BCUT2D eigenvalue weighted by atomic mass is 9.83. The van der Waals surface area contributed by atoms with Crippen LogP contribution in [0.2, 0.25) is 0 Å². The van der Waals surface area contributed by atoms with Gasteiger partial charge in [0.25, 0.3) is 5.91 Å². The van der Waals surface area contributed by atoms with E-state index in [4.69, 9.17) is 0 Å². The van der Waals surface area contributed by atoms with Gasteiger partial charge in [-0.05, 0) is 55.9 Å². The number of carbonyl (C=O) groups is 2. The first-order chi connectivity index (χ1) is 13.5. The van der Waals surface area contributed by atoms with Crippen LogP contribution in [0.5, 0.6) is 0 Å². The Morgan fingerprint density at radius 2 is 2.04 bits per heavy atom. The highest BCUT2D eigenvalue weighted by atomic mass is 32.1. The molecule has 0 aliphatic carbocycles. The molecular weight excluding hydrogens is 375 g/mol. The van der Waals surface area contributed by atoms with Crippen LogP contribution in [0.4, 0.5) is 4.39 Å². The van der Waals surface area contributed by atoms with E-state index in [9.17, 15) is 14.0 Å². The average molecular weight is 401 g/mol. The van der Waals surface area contributed by atoms with Gasteiger partial charge in [-0.25, -0.2) is 4.39 Å². The third-order valence-electron chi connectivity index (χ3n) is 5.96. The molecule has 2 amide bonds. The molecule has 4 rings (SSSR count). The van der Waals surface area contributed by atoms with Gasteiger partial charge in [0.15, 0.2) is 0 Å². The second-order valence-electron chi connectivity index (χ2n) is 7.74. The second kappa shape index (κ2) is 8.03. The minimum absolute atomic E-state index is 0.103. The minimum atomic E-state index is -0.213. The minimum Gasteiger partial charge on any atom is -0.339 e. The Hall–Kier alpha value is -2.21. The van der Waals surface area contributed by atoms with E-state index in [-0.39, 0.29) is 23.7 Å². The lowest BCUT2D eigenvalue weighted by molar-refractivity contribution is -0.140. The van der Waals surface area contributed by atoms with E-state index in [0.29, 0.717) is 44.0 Å². The van der Waals surface area contributed by atoms with Crippen molar-refractivity contribution >= 4 is 23.2 Å². The normalized spacial score (nSPS) is 22.3. The predicted octanol–water partition coefficient (Wildman–Crippen LogP) is 3.89. The van der Waals surface area contributed by atoms with Crippen LogP contribution >= 0.6 is 11.3 Å². The van der Waals surface area contributed by atoms with Crippen molar-refractivity contribution in [3.8, 4) is 0 Å². The van der Waals surface area contributed by atoms with Gasteiger partial charge in [0, 0.05) is 37.0 Å². The second-order valence-corrected chi connectivity index (χ2v) is 9.03. The van der Waals surface area contributed by atoms with Gasteiger partial charge in [0.05, 0.1) is 4.88 Å². The fourth-order valence-corrected chi connectivity index (χ4v) is 5.31. The van der Waals surface area contributed by atoms with Gasteiger partial charge in [-0.1, -0.05) is 18.2 Å². The molecule has 0 spiro atoms. The molecule has 3 heterocycles. The molecular formula is C22H25FN2O2S. The van der Waals surface area contributed by atoms with Crippen LogP contribution in [0.3, 0.4) is 0 Å². The molecule has 2 saturated heterocycles. The van der Waals surface area contributed by atoms with Crippen molar-refractivity contribution in [2.75, 3.05) is 19.6 Å². The van der Waals surface area contributed by atoms with E-state index in [2.05, 4.69) is 0 Å². The first kappa shape index (κ1) is 19.1. The zero-order valence-corrected chi connectivity index (χ0v) is 16.9. The number of rotatable bonds is 4. The van der Waals surface area contributed by atoms with Crippen molar-refractivity contribution in [3.63, 3.8) is 0 Å². The summed E-state index contributed by atoms with van der Waals surface area (Å²) >= 11 is 1.54. The number of piperidine rings is 2. The number of halogens is 1. The standard InChI is InChI=1S/C22H25FN2O2S/c1-15-6-8-20(28-15)22(27)24-12-11-19-17(14-24)7-9-21(26)25(19)13-10-16-4-2-3-5-18(16)23/h2-6,8,17,19H,7,9-14H2,1H3/t17-,19+/m0/s1. The monoisotopic (exact) mass is 400 g/mol. The summed E-state index contributed by atoms with van der Waals surface area (Å²) < 4.78 is 13.9. The molecule has 2 fully saturated rings. The maximum atomic E-state index is 13.9. The molecule has 28 heavy (non-hydrogen) atoms. The van der Waals surface area contributed by atoms with E-state index >= 15 is 0 Å². The Labute approximate surface area is 169 Å². The molecule has 0 saturated carbocycles. The smallest absolute Gasteiger partial charge is 0.263 e. The van der Waals surface area contributed by atoms with Crippen molar-refractivity contribution in [3.05, 3.63) is 57.5 Å². The van der Waals surface area contributed by atoms with Gasteiger partial charge < -0.3 is 9.80 Å². The zero-order valence-electron chi connectivity index (χ0n) is 16.1. The summed E-state index contributed by atoms with van der Waals surface area (Å²) in [7, 11) is 0. The molecule has 0 radical (unpaired) electrons. The van der Waals surface area contributed by atoms with Crippen molar-refractivity contribution in [2.24, 2.45) is 5.92 Å². The molecule has 4 nitrogen and oxygen atoms in total. The summed E-state index contributed by atoms with van der Waals surface area (Å²) in [4.78, 5) is 31.2. The van der Waals surface area contributed by atoms with Crippen LogP contribution in [0.15, 0.2) is 36.4 Å². The molecule has 0 bridgehead atoms. The zero-order chi connectivity index (χ0) is 19.7.